The topological polar surface area (TPSA) is 59.4 Å². The van der Waals surface area contributed by atoms with Crippen LogP contribution in [0.3, 0.4) is 0 Å². The smallest absolute Gasteiger partial charge is 0.251 e. The van der Waals surface area contributed by atoms with Crippen molar-refractivity contribution < 1.29 is 22.7 Å². The highest BCUT2D eigenvalue weighted by molar-refractivity contribution is 7.98. The average Bonchev–Trinajstić information content (AvgIpc) is 3.35. The standard InChI is InChI=1S/C32H32ClF3N4O2S/c1-39(2)14-13-37-31(41)20-15-26(35)24(27(36)16-20)18-43-32-38-28-6-4-5-23(19-7-12-25(33)29(17-19)42-3)30(28)40(32)22-10-8-21(34)9-11-22/h7-12,15-17,23H,4-6,13-14,18H2,1-3H3,(H,37,41). The Hall–Kier alpha value is -3.47. The molecule has 0 radical (unpaired) electrons. The third kappa shape index (κ3) is 6.87. The van der Waals surface area contributed by atoms with Gasteiger partial charge in [-0.2, -0.15) is 0 Å². The Kier molecular flexibility index (Phi) is 9.68. The molecule has 1 atom stereocenters. The fourth-order valence-corrected chi connectivity index (χ4v) is 6.52. The van der Waals surface area contributed by atoms with Crippen LogP contribution in [0.1, 0.15) is 51.6 Å². The molecule has 0 saturated heterocycles. The number of likely N-dealkylation sites (N-methyl/N-ethyl adjacent to an activating group) is 1. The van der Waals surface area contributed by atoms with Crippen molar-refractivity contribution in [2.24, 2.45) is 0 Å². The summed E-state index contributed by atoms with van der Waals surface area (Å²) in [6.45, 7) is 0.954. The Bertz CT molecular complexity index is 1600. The maximum Gasteiger partial charge on any atom is 0.251 e. The fourth-order valence-electron chi connectivity index (χ4n) is 5.26. The second kappa shape index (κ2) is 13.4. The lowest BCUT2D eigenvalue weighted by Crippen LogP contribution is -2.31. The summed E-state index contributed by atoms with van der Waals surface area (Å²) in [6.07, 6.45) is 2.48. The SMILES string of the molecule is COc1cc(C2CCCc3nc(SCc4c(F)cc(C(=O)NCCN(C)C)cc4F)n(-c4ccc(F)cc4)c32)ccc1Cl. The van der Waals surface area contributed by atoms with E-state index in [9.17, 15) is 9.18 Å². The summed E-state index contributed by atoms with van der Waals surface area (Å²) in [5, 5.41) is 3.71. The summed E-state index contributed by atoms with van der Waals surface area (Å²) in [4.78, 5) is 19.3. The molecule has 3 aromatic carbocycles. The lowest BCUT2D eigenvalue weighted by Gasteiger charge is -2.26. The quantitative estimate of drug-likeness (QED) is 0.192. The molecule has 5 rings (SSSR count). The van der Waals surface area contributed by atoms with Crippen molar-refractivity contribution in [3.05, 3.63) is 105 Å². The molecule has 1 heterocycles. The maximum atomic E-state index is 15.2. The minimum atomic E-state index is -0.805. The molecular formula is C32H32ClF3N4O2S. The normalized spacial score (nSPS) is 14.6. The van der Waals surface area contributed by atoms with Gasteiger partial charge in [0.05, 0.1) is 23.5 Å². The summed E-state index contributed by atoms with van der Waals surface area (Å²) < 4.78 is 51.7. The number of carbonyl (C=O) groups is 1. The van der Waals surface area contributed by atoms with E-state index in [1.165, 1.54) is 23.9 Å². The average molecular weight is 629 g/mol. The van der Waals surface area contributed by atoms with E-state index in [1.54, 1.807) is 25.3 Å². The molecule has 1 amide bonds. The predicted octanol–water partition coefficient (Wildman–Crippen LogP) is 7.00. The number of methoxy groups -OCH3 is 1. The van der Waals surface area contributed by atoms with Crippen LogP contribution in [0.25, 0.3) is 5.69 Å². The van der Waals surface area contributed by atoms with E-state index in [0.717, 1.165) is 48.3 Å². The van der Waals surface area contributed by atoms with Gasteiger partial charge in [-0.15, -0.1) is 0 Å². The van der Waals surface area contributed by atoms with E-state index in [4.69, 9.17) is 21.3 Å². The third-order valence-electron chi connectivity index (χ3n) is 7.45. The number of rotatable bonds is 10. The first-order valence-electron chi connectivity index (χ1n) is 13.9. The van der Waals surface area contributed by atoms with Crippen molar-refractivity contribution in [3.8, 4) is 11.4 Å². The molecule has 43 heavy (non-hydrogen) atoms. The molecule has 0 bridgehead atoms. The number of amides is 1. The van der Waals surface area contributed by atoms with Crippen LogP contribution in [0.15, 0.2) is 59.8 Å². The van der Waals surface area contributed by atoms with Gasteiger partial charge in [0.2, 0.25) is 0 Å². The molecule has 0 spiro atoms. The number of hydrogen-bond donors (Lipinski definition) is 1. The fraction of sp³-hybridized carbons (Fsp3) is 0.312. The number of imidazole rings is 1. The van der Waals surface area contributed by atoms with Crippen LogP contribution in [0.5, 0.6) is 5.75 Å². The van der Waals surface area contributed by atoms with E-state index in [-0.39, 0.29) is 28.6 Å². The number of hydrogen-bond acceptors (Lipinski definition) is 5. The molecule has 1 aliphatic carbocycles. The number of aryl methyl sites for hydroxylation is 1. The molecule has 1 aromatic heterocycles. The van der Waals surface area contributed by atoms with Crippen LogP contribution in [0.4, 0.5) is 13.2 Å². The number of thioether (sulfide) groups is 1. The summed E-state index contributed by atoms with van der Waals surface area (Å²) in [5.41, 5.74) is 3.28. The van der Waals surface area contributed by atoms with E-state index in [0.29, 0.717) is 34.7 Å². The molecular weight excluding hydrogens is 597 g/mol. The predicted molar refractivity (Wildman–Crippen MR) is 163 cm³/mol. The molecule has 1 N–H and O–H groups in total. The molecule has 226 valence electrons. The van der Waals surface area contributed by atoms with E-state index < -0.39 is 17.5 Å². The van der Waals surface area contributed by atoms with Gasteiger partial charge in [-0.05, 0) is 87.5 Å². The number of benzene rings is 3. The van der Waals surface area contributed by atoms with Gasteiger partial charge >= 0.3 is 0 Å². The largest absolute Gasteiger partial charge is 0.495 e. The number of nitrogens with zero attached hydrogens (tertiary/aromatic N) is 3. The number of aromatic nitrogens is 2. The molecule has 1 unspecified atom stereocenters. The first-order valence-corrected chi connectivity index (χ1v) is 15.3. The first-order chi connectivity index (χ1) is 20.7. The molecule has 1 aliphatic rings. The van der Waals surface area contributed by atoms with Crippen LogP contribution in [0.2, 0.25) is 5.02 Å². The number of fused-ring (bicyclic) bond motifs is 1. The second-order valence-corrected chi connectivity index (χ2v) is 12.0. The van der Waals surface area contributed by atoms with Crippen LogP contribution < -0.4 is 10.1 Å². The number of carbonyl (C=O) groups excluding carboxylic acids is 1. The highest BCUT2D eigenvalue weighted by atomic mass is 35.5. The molecule has 11 heteroatoms. The minimum Gasteiger partial charge on any atom is -0.495 e. The van der Waals surface area contributed by atoms with E-state index >= 15 is 8.78 Å². The lowest BCUT2D eigenvalue weighted by molar-refractivity contribution is 0.0950. The highest BCUT2D eigenvalue weighted by Crippen LogP contribution is 2.42. The Morgan fingerprint density at radius 3 is 2.51 bits per heavy atom. The van der Waals surface area contributed by atoms with Crippen molar-refractivity contribution in [1.29, 1.82) is 0 Å². The number of halogens is 4. The minimum absolute atomic E-state index is 0.0550. The van der Waals surface area contributed by atoms with Crippen molar-refractivity contribution in [3.63, 3.8) is 0 Å². The van der Waals surface area contributed by atoms with Gasteiger partial charge in [-0.3, -0.25) is 9.36 Å². The summed E-state index contributed by atoms with van der Waals surface area (Å²) in [5.74, 6) is -2.07. The van der Waals surface area contributed by atoms with Crippen LogP contribution in [0, 0.1) is 17.5 Å². The zero-order valence-corrected chi connectivity index (χ0v) is 25.7. The Morgan fingerprint density at radius 2 is 1.84 bits per heavy atom. The van der Waals surface area contributed by atoms with E-state index in [2.05, 4.69) is 5.32 Å². The molecule has 4 aromatic rings. The Labute approximate surface area is 258 Å². The van der Waals surface area contributed by atoms with Crippen molar-refractivity contribution in [2.45, 2.75) is 36.1 Å². The van der Waals surface area contributed by atoms with Gasteiger partial charge in [0.25, 0.3) is 5.91 Å². The molecule has 0 aliphatic heterocycles. The molecule has 6 nitrogen and oxygen atoms in total. The molecule has 0 saturated carbocycles. The van der Waals surface area contributed by atoms with Gasteiger partial charge in [0, 0.05) is 41.6 Å². The summed E-state index contributed by atoms with van der Waals surface area (Å²) in [6, 6.07) is 13.9. The van der Waals surface area contributed by atoms with Crippen LogP contribution in [-0.2, 0) is 12.2 Å². The lowest BCUT2D eigenvalue weighted by atomic mass is 9.84. The summed E-state index contributed by atoms with van der Waals surface area (Å²) >= 11 is 7.49. The number of ether oxygens (including phenoxy) is 1. The maximum absolute atomic E-state index is 15.2. The Balaban J connectivity index is 1.48. The Morgan fingerprint density at radius 1 is 1.12 bits per heavy atom. The van der Waals surface area contributed by atoms with Crippen LogP contribution in [-0.4, -0.2) is 54.7 Å². The van der Waals surface area contributed by atoms with Crippen LogP contribution >= 0.6 is 23.4 Å². The zero-order valence-electron chi connectivity index (χ0n) is 24.1. The third-order valence-corrected chi connectivity index (χ3v) is 8.73. The van der Waals surface area contributed by atoms with Crippen molar-refractivity contribution in [2.75, 3.05) is 34.3 Å². The monoisotopic (exact) mass is 628 g/mol. The van der Waals surface area contributed by atoms with Crippen molar-refractivity contribution in [1.82, 2.24) is 19.8 Å². The van der Waals surface area contributed by atoms with Crippen molar-refractivity contribution >= 4 is 29.3 Å². The zero-order chi connectivity index (χ0) is 30.7. The number of nitrogens with one attached hydrogen (secondary N) is 1. The van der Waals surface area contributed by atoms with Gasteiger partial charge < -0.3 is 15.0 Å². The second-order valence-electron chi connectivity index (χ2n) is 10.6. The van der Waals surface area contributed by atoms with E-state index in [1.807, 2.05) is 35.7 Å². The van der Waals surface area contributed by atoms with Gasteiger partial charge in [-0.1, -0.05) is 29.4 Å². The van der Waals surface area contributed by atoms with Gasteiger partial charge in [0.1, 0.15) is 23.2 Å². The van der Waals surface area contributed by atoms with Gasteiger partial charge in [-0.25, -0.2) is 18.2 Å². The summed E-state index contributed by atoms with van der Waals surface area (Å²) in [7, 11) is 5.30. The molecule has 0 fully saturated rings. The first kappa shape index (κ1) is 31.0. The highest BCUT2D eigenvalue weighted by Gasteiger charge is 2.31. The van der Waals surface area contributed by atoms with Gasteiger partial charge in [0.15, 0.2) is 5.16 Å².